The molecule has 0 saturated heterocycles. The number of benzene rings is 1. The van der Waals surface area contributed by atoms with Gasteiger partial charge in [0.1, 0.15) is 5.00 Å². The van der Waals surface area contributed by atoms with E-state index < -0.39 is 0 Å². The Kier molecular flexibility index (Phi) is 6.23. The minimum atomic E-state index is -0.326. The first-order chi connectivity index (χ1) is 13.3. The third-order valence-corrected chi connectivity index (χ3v) is 6.59. The van der Waals surface area contributed by atoms with E-state index >= 15 is 0 Å². The summed E-state index contributed by atoms with van der Waals surface area (Å²) in [7, 11) is 0. The summed E-state index contributed by atoms with van der Waals surface area (Å²) in [5.41, 5.74) is 6.13. The zero-order chi connectivity index (χ0) is 20.4. The molecule has 0 fully saturated rings. The highest BCUT2D eigenvalue weighted by molar-refractivity contribution is 7.17. The van der Waals surface area contributed by atoms with E-state index in [1.807, 2.05) is 13.8 Å². The molecule has 2 aromatic rings. The summed E-state index contributed by atoms with van der Waals surface area (Å²) in [6.07, 6.45) is 3.19. The maximum Gasteiger partial charge on any atom is 0.341 e. The fraction of sp³-hybridized carbons (Fsp3) is 0.478. The highest BCUT2D eigenvalue weighted by Gasteiger charge is 2.29. The van der Waals surface area contributed by atoms with Gasteiger partial charge in [-0.2, -0.15) is 0 Å². The van der Waals surface area contributed by atoms with Crippen molar-refractivity contribution in [2.75, 3.05) is 11.9 Å². The van der Waals surface area contributed by atoms with E-state index in [2.05, 4.69) is 31.3 Å². The van der Waals surface area contributed by atoms with E-state index in [-0.39, 0.29) is 11.9 Å². The second-order valence-electron chi connectivity index (χ2n) is 7.88. The maximum absolute atomic E-state index is 12.8. The summed E-state index contributed by atoms with van der Waals surface area (Å²) in [5.74, 6) is 0.183. The number of hydrogen-bond acceptors (Lipinski definition) is 4. The Morgan fingerprint density at radius 2 is 1.89 bits per heavy atom. The predicted octanol–water partition coefficient (Wildman–Crippen LogP) is 5.16. The van der Waals surface area contributed by atoms with Gasteiger partial charge in [0.25, 0.3) is 0 Å². The normalized spacial score (nSPS) is 15.8. The van der Waals surface area contributed by atoms with Gasteiger partial charge in [-0.1, -0.05) is 24.6 Å². The highest BCUT2D eigenvalue weighted by Crippen LogP contribution is 2.40. The Hall–Kier alpha value is -2.14. The van der Waals surface area contributed by atoms with Crippen molar-refractivity contribution >= 4 is 28.2 Å². The van der Waals surface area contributed by atoms with Gasteiger partial charge < -0.3 is 10.1 Å². The van der Waals surface area contributed by atoms with Crippen molar-refractivity contribution in [3.05, 3.63) is 50.4 Å². The van der Waals surface area contributed by atoms with Crippen LogP contribution in [0.5, 0.6) is 0 Å². The molecule has 1 aromatic carbocycles. The molecule has 0 saturated carbocycles. The van der Waals surface area contributed by atoms with Crippen LogP contribution in [0.1, 0.15) is 63.3 Å². The number of ether oxygens (including phenoxy) is 1. The van der Waals surface area contributed by atoms with Crippen LogP contribution in [-0.4, -0.2) is 18.5 Å². The molecular formula is C23H29NO3S. The Bertz CT molecular complexity index is 890. The standard InChI is InChI=1S/C23H29NO3S/c1-6-27-23(26)21-17-8-7-13(2)11-19(17)28-22(21)24-20(25)12-18-15(4)9-14(3)10-16(18)5/h9-10,13H,6-8,11-12H2,1-5H3,(H,24,25). The fourth-order valence-electron chi connectivity index (χ4n) is 4.08. The lowest BCUT2D eigenvalue weighted by Gasteiger charge is -2.18. The summed E-state index contributed by atoms with van der Waals surface area (Å²) in [6, 6.07) is 4.20. The third kappa shape index (κ3) is 4.30. The smallest absolute Gasteiger partial charge is 0.341 e. The molecular weight excluding hydrogens is 370 g/mol. The van der Waals surface area contributed by atoms with E-state index in [0.717, 1.165) is 41.5 Å². The lowest BCUT2D eigenvalue weighted by molar-refractivity contribution is -0.115. The van der Waals surface area contributed by atoms with Crippen LogP contribution < -0.4 is 5.32 Å². The minimum Gasteiger partial charge on any atom is -0.462 e. The number of carbonyl (C=O) groups excluding carboxylic acids is 2. The molecule has 1 atom stereocenters. The Balaban J connectivity index is 1.87. The van der Waals surface area contributed by atoms with Crippen LogP contribution in [0.3, 0.4) is 0 Å². The van der Waals surface area contributed by atoms with Crippen LogP contribution in [0.25, 0.3) is 0 Å². The van der Waals surface area contributed by atoms with Crippen LogP contribution in [0.2, 0.25) is 0 Å². The fourth-order valence-corrected chi connectivity index (χ4v) is 5.49. The molecule has 28 heavy (non-hydrogen) atoms. The van der Waals surface area contributed by atoms with Crippen molar-refractivity contribution in [2.24, 2.45) is 5.92 Å². The van der Waals surface area contributed by atoms with Crippen molar-refractivity contribution in [2.45, 2.75) is 60.3 Å². The minimum absolute atomic E-state index is 0.0905. The molecule has 0 radical (unpaired) electrons. The Morgan fingerprint density at radius 3 is 2.54 bits per heavy atom. The second kappa shape index (κ2) is 8.48. The summed E-state index contributed by atoms with van der Waals surface area (Å²) in [4.78, 5) is 26.6. The van der Waals surface area contributed by atoms with Crippen LogP contribution in [0.15, 0.2) is 12.1 Å². The average Bonchev–Trinajstić information content (AvgIpc) is 2.95. The number of hydrogen-bond donors (Lipinski definition) is 1. The van der Waals surface area contributed by atoms with Crippen LogP contribution >= 0.6 is 11.3 Å². The van der Waals surface area contributed by atoms with Crippen molar-refractivity contribution in [3.63, 3.8) is 0 Å². The number of fused-ring (bicyclic) bond motifs is 1. The van der Waals surface area contributed by atoms with E-state index in [9.17, 15) is 9.59 Å². The molecule has 0 bridgehead atoms. The van der Waals surface area contributed by atoms with E-state index in [1.54, 1.807) is 6.92 Å². The Labute approximate surface area is 171 Å². The molecule has 1 N–H and O–H groups in total. The van der Waals surface area contributed by atoms with Gasteiger partial charge >= 0.3 is 5.97 Å². The van der Waals surface area contributed by atoms with E-state index in [4.69, 9.17) is 4.74 Å². The number of esters is 1. The first-order valence-corrected chi connectivity index (χ1v) is 10.8. The quantitative estimate of drug-likeness (QED) is 0.707. The predicted molar refractivity (Wildman–Crippen MR) is 114 cm³/mol. The average molecular weight is 400 g/mol. The summed E-state index contributed by atoms with van der Waals surface area (Å²) < 4.78 is 5.29. The van der Waals surface area contributed by atoms with Gasteiger partial charge in [-0.15, -0.1) is 11.3 Å². The SMILES string of the molecule is CCOC(=O)c1c(NC(=O)Cc2c(C)cc(C)cc2C)sc2c1CCC(C)C2. The Morgan fingerprint density at radius 1 is 1.21 bits per heavy atom. The highest BCUT2D eigenvalue weighted by atomic mass is 32.1. The number of nitrogens with one attached hydrogen (secondary N) is 1. The van der Waals surface area contributed by atoms with Gasteiger partial charge in [-0.25, -0.2) is 4.79 Å². The summed E-state index contributed by atoms with van der Waals surface area (Å²) in [5, 5.41) is 3.66. The van der Waals surface area contributed by atoms with Crippen molar-refractivity contribution in [1.29, 1.82) is 0 Å². The van der Waals surface area contributed by atoms with Gasteiger partial charge in [0.15, 0.2) is 0 Å². The van der Waals surface area contributed by atoms with Gasteiger partial charge in [0.05, 0.1) is 18.6 Å². The molecule has 0 spiro atoms. The van der Waals surface area contributed by atoms with Gasteiger partial charge in [0.2, 0.25) is 5.91 Å². The van der Waals surface area contributed by atoms with Gasteiger partial charge in [0, 0.05) is 4.88 Å². The number of thiophene rings is 1. The topological polar surface area (TPSA) is 55.4 Å². The van der Waals surface area contributed by atoms with Crippen LogP contribution in [0.4, 0.5) is 5.00 Å². The molecule has 1 aliphatic rings. The number of rotatable bonds is 5. The molecule has 4 nitrogen and oxygen atoms in total. The molecule has 1 heterocycles. The number of amides is 1. The zero-order valence-electron chi connectivity index (χ0n) is 17.4. The maximum atomic E-state index is 12.8. The van der Waals surface area contributed by atoms with Crippen LogP contribution in [0, 0.1) is 26.7 Å². The van der Waals surface area contributed by atoms with Crippen LogP contribution in [-0.2, 0) is 28.8 Å². The number of anilines is 1. The summed E-state index contributed by atoms with van der Waals surface area (Å²) >= 11 is 1.54. The lowest BCUT2D eigenvalue weighted by atomic mass is 9.88. The third-order valence-electron chi connectivity index (χ3n) is 5.42. The zero-order valence-corrected chi connectivity index (χ0v) is 18.2. The van der Waals surface area contributed by atoms with Gasteiger partial charge in [-0.3, -0.25) is 4.79 Å². The monoisotopic (exact) mass is 399 g/mol. The largest absolute Gasteiger partial charge is 0.462 e. The molecule has 1 amide bonds. The first-order valence-electron chi connectivity index (χ1n) is 9.98. The molecule has 3 rings (SSSR count). The van der Waals surface area contributed by atoms with E-state index in [0.29, 0.717) is 29.5 Å². The van der Waals surface area contributed by atoms with E-state index in [1.165, 1.54) is 21.8 Å². The first kappa shape index (κ1) is 20.6. The molecule has 150 valence electrons. The molecule has 1 aromatic heterocycles. The summed E-state index contributed by atoms with van der Waals surface area (Å²) in [6.45, 7) is 10.5. The van der Waals surface area contributed by atoms with Crippen molar-refractivity contribution in [1.82, 2.24) is 0 Å². The van der Waals surface area contributed by atoms with Crippen molar-refractivity contribution in [3.8, 4) is 0 Å². The number of aryl methyl sites for hydroxylation is 3. The van der Waals surface area contributed by atoms with Gasteiger partial charge in [-0.05, 0) is 75.1 Å². The number of carbonyl (C=O) groups is 2. The molecule has 1 aliphatic carbocycles. The molecule has 1 unspecified atom stereocenters. The lowest BCUT2D eigenvalue weighted by Crippen LogP contribution is -2.18. The van der Waals surface area contributed by atoms with Crippen molar-refractivity contribution < 1.29 is 14.3 Å². The molecule has 0 aliphatic heterocycles. The molecule has 5 heteroatoms. The second-order valence-corrected chi connectivity index (χ2v) is 8.98.